The molecule has 0 bridgehead atoms. The van der Waals surface area contributed by atoms with Crippen LogP contribution in [0.3, 0.4) is 0 Å². The van der Waals surface area contributed by atoms with Crippen LogP contribution < -0.4 is 4.90 Å². The van der Waals surface area contributed by atoms with E-state index in [1.54, 1.807) is 0 Å². The van der Waals surface area contributed by atoms with Crippen LogP contribution in [0.1, 0.15) is 44.0 Å². The Morgan fingerprint density at radius 1 is 1.42 bits per heavy atom. The van der Waals surface area contributed by atoms with Gasteiger partial charge in [0.2, 0.25) is 0 Å². The van der Waals surface area contributed by atoms with Crippen LogP contribution in [0.2, 0.25) is 10.2 Å². The molecular weight excluding hydrogens is 377 g/mol. The number of halogens is 2. The highest BCUT2D eigenvalue weighted by Crippen LogP contribution is 2.42. The van der Waals surface area contributed by atoms with Gasteiger partial charge in [-0.2, -0.15) is 5.10 Å². The number of nitro groups is 1. The second-order valence-corrected chi connectivity index (χ2v) is 7.74. The van der Waals surface area contributed by atoms with E-state index in [0.717, 1.165) is 37.2 Å². The summed E-state index contributed by atoms with van der Waals surface area (Å²) in [5.74, 6) is 0.983. The number of hydrogen-bond acceptors (Lipinski definition) is 5. The molecule has 1 unspecified atom stereocenters. The van der Waals surface area contributed by atoms with Gasteiger partial charge in [0.1, 0.15) is 17.2 Å². The lowest BCUT2D eigenvalue weighted by atomic mass is 10.1. The van der Waals surface area contributed by atoms with Crippen molar-refractivity contribution in [1.82, 2.24) is 14.8 Å². The molecule has 1 saturated heterocycles. The third kappa shape index (κ3) is 3.50. The minimum atomic E-state index is -0.499. The Morgan fingerprint density at radius 3 is 2.77 bits per heavy atom. The van der Waals surface area contributed by atoms with Crippen LogP contribution in [0.4, 0.5) is 11.5 Å². The van der Waals surface area contributed by atoms with Crippen molar-refractivity contribution in [2.45, 2.75) is 46.2 Å². The van der Waals surface area contributed by atoms with E-state index in [2.05, 4.69) is 28.8 Å². The molecular formula is C17H21Cl2N5O2. The van der Waals surface area contributed by atoms with Crippen LogP contribution in [-0.2, 0) is 6.54 Å². The summed E-state index contributed by atoms with van der Waals surface area (Å²) in [6.45, 7) is 7.72. The molecule has 0 spiro atoms. The van der Waals surface area contributed by atoms with Gasteiger partial charge in [0.25, 0.3) is 5.69 Å². The molecule has 0 aromatic carbocycles. The maximum absolute atomic E-state index is 10.9. The first-order chi connectivity index (χ1) is 12.3. The van der Waals surface area contributed by atoms with Crippen molar-refractivity contribution in [1.29, 1.82) is 0 Å². The number of rotatable bonds is 5. The maximum atomic E-state index is 10.9. The normalized spacial score (nSPS) is 17.3. The fourth-order valence-electron chi connectivity index (χ4n) is 3.46. The maximum Gasteiger partial charge on any atom is 0.289 e. The quantitative estimate of drug-likeness (QED) is 0.534. The zero-order chi connectivity index (χ0) is 19.0. The van der Waals surface area contributed by atoms with Crippen molar-refractivity contribution in [3.63, 3.8) is 0 Å². The monoisotopic (exact) mass is 397 g/mol. The standard InChI is InChI=1S/C17H21Cl2N5O2/c1-10(2)9-23-16(19)15(11(3)21-23)14-5-4-6-22(14)17-13(18)7-12(8-20-17)24(25)26/h7-8,10,14H,4-6,9H2,1-3H3. The Hall–Kier alpha value is -1.86. The van der Waals surface area contributed by atoms with Gasteiger partial charge in [-0.3, -0.25) is 14.8 Å². The van der Waals surface area contributed by atoms with Crippen molar-refractivity contribution < 1.29 is 4.92 Å². The topological polar surface area (TPSA) is 77.1 Å². The first-order valence-corrected chi connectivity index (χ1v) is 9.34. The van der Waals surface area contributed by atoms with E-state index in [4.69, 9.17) is 23.2 Å². The average molecular weight is 398 g/mol. The van der Waals surface area contributed by atoms with Crippen molar-refractivity contribution in [2.24, 2.45) is 5.92 Å². The molecule has 0 radical (unpaired) electrons. The van der Waals surface area contributed by atoms with Crippen molar-refractivity contribution >= 4 is 34.7 Å². The largest absolute Gasteiger partial charge is 0.348 e. The van der Waals surface area contributed by atoms with E-state index >= 15 is 0 Å². The third-order valence-corrected chi connectivity index (χ3v) is 5.20. The minimum Gasteiger partial charge on any atom is -0.348 e. The van der Waals surface area contributed by atoms with Gasteiger partial charge in [-0.1, -0.05) is 37.0 Å². The number of aryl methyl sites for hydroxylation is 1. The van der Waals surface area contributed by atoms with E-state index in [9.17, 15) is 10.1 Å². The summed E-state index contributed by atoms with van der Waals surface area (Å²) < 4.78 is 1.85. The highest BCUT2D eigenvalue weighted by molar-refractivity contribution is 6.33. The van der Waals surface area contributed by atoms with E-state index in [-0.39, 0.29) is 16.8 Å². The van der Waals surface area contributed by atoms with Crippen molar-refractivity contribution in [2.75, 3.05) is 11.4 Å². The van der Waals surface area contributed by atoms with Crippen LogP contribution in [0.15, 0.2) is 12.3 Å². The Kier molecular flexibility index (Phi) is 5.39. The molecule has 1 fully saturated rings. The van der Waals surface area contributed by atoms with Gasteiger partial charge in [-0.05, 0) is 25.7 Å². The third-order valence-electron chi connectivity index (χ3n) is 4.52. The van der Waals surface area contributed by atoms with Crippen LogP contribution in [0, 0.1) is 23.0 Å². The summed E-state index contributed by atoms with van der Waals surface area (Å²) in [5, 5.41) is 16.4. The molecule has 2 aromatic heterocycles. The highest BCUT2D eigenvalue weighted by Gasteiger charge is 2.33. The molecule has 9 heteroatoms. The van der Waals surface area contributed by atoms with Gasteiger partial charge in [0, 0.05) is 24.7 Å². The highest BCUT2D eigenvalue weighted by atomic mass is 35.5. The number of hydrogen-bond donors (Lipinski definition) is 0. The molecule has 1 aliphatic heterocycles. The second-order valence-electron chi connectivity index (χ2n) is 6.97. The summed E-state index contributed by atoms with van der Waals surface area (Å²) in [6, 6.07) is 1.35. The molecule has 2 aromatic rings. The first-order valence-electron chi connectivity index (χ1n) is 8.59. The van der Waals surface area contributed by atoms with Crippen molar-refractivity contribution in [3.8, 4) is 0 Å². The second kappa shape index (κ2) is 7.40. The lowest BCUT2D eigenvalue weighted by molar-refractivity contribution is -0.385. The number of pyridine rings is 1. The number of anilines is 1. The summed E-state index contributed by atoms with van der Waals surface area (Å²) in [6.07, 6.45) is 3.11. The molecule has 0 amide bonds. The summed E-state index contributed by atoms with van der Waals surface area (Å²) in [5.41, 5.74) is 1.76. The Balaban J connectivity index is 1.97. The molecule has 3 rings (SSSR count). The smallest absolute Gasteiger partial charge is 0.289 e. The molecule has 0 aliphatic carbocycles. The van der Waals surface area contributed by atoms with Crippen LogP contribution >= 0.6 is 23.2 Å². The fourth-order valence-corrected chi connectivity index (χ4v) is 4.10. The molecule has 26 heavy (non-hydrogen) atoms. The van der Waals surface area contributed by atoms with Crippen molar-refractivity contribution in [3.05, 3.63) is 43.8 Å². The molecule has 1 atom stereocenters. The van der Waals surface area contributed by atoms with Gasteiger partial charge < -0.3 is 4.90 Å². The lowest BCUT2D eigenvalue weighted by Gasteiger charge is -2.26. The van der Waals surface area contributed by atoms with Crippen LogP contribution in [-0.4, -0.2) is 26.2 Å². The van der Waals surface area contributed by atoms with Gasteiger partial charge in [0.05, 0.1) is 21.7 Å². The lowest BCUT2D eigenvalue weighted by Crippen LogP contribution is -2.24. The number of nitrogens with zero attached hydrogens (tertiary/aromatic N) is 5. The SMILES string of the molecule is Cc1nn(CC(C)C)c(Cl)c1C1CCCN1c1ncc([N+](=O)[O-])cc1Cl. The fraction of sp³-hybridized carbons (Fsp3) is 0.529. The molecule has 3 heterocycles. The molecule has 1 aliphatic rings. The Labute approximate surface area is 162 Å². The van der Waals surface area contributed by atoms with E-state index in [1.807, 2.05) is 11.6 Å². The van der Waals surface area contributed by atoms with Crippen LogP contribution in [0.25, 0.3) is 0 Å². The predicted molar refractivity (Wildman–Crippen MR) is 102 cm³/mol. The first kappa shape index (κ1) is 18.9. The predicted octanol–water partition coefficient (Wildman–Crippen LogP) is 4.80. The summed E-state index contributed by atoms with van der Waals surface area (Å²) in [7, 11) is 0. The molecule has 0 N–H and O–H groups in total. The zero-order valence-electron chi connectivity index (χ0n) is 14.9. The summed E-state index contributed by atoms with van der Waals surface area (Å²) >= 11 is 12.9. The molecule has 140 valence electrons. The van der Waals surface area contributed by atoms with E-state index in [0.29, 0.717) is 16.9 Å². The van der Waals surface area contributed by atoms with Gasteiger partial charge in [0.15, 0.2) is 0 Å². The van der Waals surface area contributed by atoms with Gasteiger partial charge in [-0.15, -0.1) is 0 Å². The van der Waals surface area contributed by atoms with E-state index < -0.39 is 4.92 Å². The van der Waals surface area contributed by atoms with Gasteiger partial charge in [-0.25, -0.2) is 4.98 Å². The zero-order valence-corrected chi connectivity index (χ0v) is 16.5. The average Bonchev–Trinajstić information content (AvgIpc) is 3.11. The van der Waals surface area contributed by atoms with Gasteiger partial charge >= 0.3 is 0 Å². The number of aromatic nitrogens is 3. The Bertz CT molecular complexity index is 837. The molecule has 7 nitrogen and oxygen atoms in total. The Morgan fingerprint density at radius 2 is 2.15 bits per heavy atom. The summed E-state index contributed by atoms with van der Waals surface area (Å²) in [4.78, 5) is 16.7. The minimum absolute atomic E-state index is 0.00914. The van der Waals surface area contributed by atoms with E-state index in [1.165, 1.54) is 12.3 Å². The molecule has 0 saturated carbocycles. The van der Waals surface area contributed by atoms with Crippen LogP contribution in [0.5, 0.6) is 0 Å².